The van der Waals surface area contributed by atoms with Crippen molar-refractivity contribution in [2.45, 2.75) is 12.3 Å². The molecular formula is C20H17F3N6O. The highest BCUT2D eigenvalue weighted by Crippen LogP contribution is 2.35. The molecule has 0 spiro atoms. The van der Waals surface area contributed by atoms with Crippen LogP contribution in [0, 0.1) is 0 Å². The second-order valence-corrected chi connectivity index (χ2v) is 7.15. The molecule has 4 aromatic rings. The first-order valence-electron chi connectivity index (χ1n) is 9.32. The molecule has 5 rings (SSSR count). The average molecular weight is 414 g/mol. The summed E-state index contributed by atoms with van der Waals surface area (Å²) in [6.45, 7) is 1.62. The SMILES string of the molecule is Cn1cc(-c2ccnc3c2c(C2CNC2)nn3-c2ccc(OC(F)(F)F)cc2)cn1. The number of hydrogen-bond acceptors (Lipinski definition) is 5. The van der Waals surface area contributed by atoms with Gasteiger partial charge in [0.1, 0.15) is 5.75 Å². The number of benzene rings is 1. The Morgan fingerprint density at radius 2 is 1.90 bits per heavy atom. The lowest BCUT2D eigenvalue weighted by atomic mass is 9.94. The fraction of sp³-hybridized carbons (Fsp3) is 0.250. The van der Waals surface area contributed by atoms with Gasteiger partial charge in [-0.2, -0.15) is 10.2 Å². The third-order valence-electron chi connectivity index (χ3n) is 5.09. The average Bonchev–Trinajstić information content (AvgIpc) is 3.24. The van der Waals surface area contributed by atoms with Gasteiger partial charge in [0.2, 0.25) is 0 Å². The number of alkyl halides is 3. The number of aromatic nitrogens is 5. The molecule has 0 amide bonds. The first kappa shape index (κ1) is 18.6. The van der Waals surface area contributed by atoms with Gasteiger partial charge in [-0.25, -0.2) is 9.67 Å². The van der Waals surface area contributed by atoms with Crippen LogP contribution in [-0.2, 0) is 7.05 Å². The topological polar surface area (TPSA) is 69.8 Å². The van der Waals surface area contributed by atoms with Gasteiger partial charge < -0.3 is 10.1 Å². The maximum absolute atomic E-state index is 12.5. The maximum atomic E-state index is 12.5. The van der Waals surface area contributed by atoms with E-state index >= 15 is 0 Å². The van der Waals surface area contributed by atoms with Crippen LogP contribution in [0.2, 0.25) is 0 Å². The van der Waals surface area contributed by atoms with E-state index in [1.807, 2.05) is 19.3 Å². The van der Waals surface area contributed by atoms with Crippen molar-refractivity contribution in [3.05, 3.63) is 54.6 Å². The molecule has 1 fully saturated rings. The van der Waals surface area contributed by atoms with E-state index in [0.717, 1.165) is 35.3 Å². The van der Waals surface area contributed by atoms with E-state index in [2.05, 4.69) is 20.1 Å². The molecule has 1 saturated heterocycles. The first-order chi connectivity index (χ1) is 14.4. The molecule has 1 aromatic carbocycles. The van der Waals surface area contributed by atoms with Crippen molar-refractivity contribution in [1.82, 2.24) is 29.9 Å². The minimum Gasteiger partial charge on any atom is -0.406 e. The summed E-state index contributed by atoms with van der Waals surface area (Å²) in [5.74, 6) is -0.0451. The Morgan fingerprint density at radius 1 is 1.13 bits per heavy atom. The van der Waals surface area contributed by atoms with Crippen molar-refractivity contribution in [2.75, 3.05) is 13.1 Å². The lowest BCUT2D eigenvalue weighted by Crippen LogP contribution is -2.40. The molecule has 3 aromatic heterocycles. The molecule has 0 saturated carbocycles. The Balaban J connectivity index is 1.64. The van der Waals surface area contributed by atoms with E-state index in [0.29, 0.717) is 11.3 Å². The van der Waals surface area contributed by atoms with Gasteiger partial charge in [-0.15, -0.1) is 13.2 Å². The lowest BCUT2D eigenvalue weighted by Gasteiger charge is -2.25. The fourth-order valence-corrected chi connectivity index (χ4v) is 3.61. The second kappa shape index (κ2) is 6.84. The molecule has 0 aliphatic carbocycles. The Labute approximate surface area is 169 Å². The van der Waals surface area contributed by atoms with E-state index in [-0.39, 0.29) is 11.7 Å². The van der Waals surface area contributed by atoms with Gasteiger partial charge in [-0.1, -0.05) is 0 Å². The molecular weight excluding hydrogens is 397 g/mol. The zero-order valence-corrected chi connectivity index (χ0v) is 15.9. The van der Waals surface area contributed by atoms with Gasteiger partial charge in [0.25, 0.3) is 0 Å². The van der Waals surface area contributed by atoms with Gasteiger partial charge >= 0.3 is 6.36 Å². The summed E-state index contributed by atoms with van der Waals surface area (Å²) in [7, 11) is 1.85. The summed E-state index contributed by atoms with van der Waals surface area (Å²) in [5.41, 5.74) is 4.07. The highest BCUT2D eigenvalue weighted by molar-refractivity contribution is 5.95. The highest BCUT2D eigenvalue weighted by Gasteiger charge is 2.31. The van der Waals surface area contributed by atoms with Crippen LogP contribution < -0.4 is 10.1 Å². The predicted octanol–water partition coefficient (Wildman–Crippen LogP) is 3.41. The summed E-state index contributed by atoms with van der Waals surface area (Å²) in [4.78, 5) is 4.54. The van der Waals surface area contributed by atoms with Crippen LogP contribution >= 0.6 is 0 Å². The molecule has 7 nitrogen and oxygen atoms in total. The number of aryl methyl sites for hydroxylation is 1. The summed E-state index contributed by atoms with van der Waals surface area (Å²) in [6, 6.07) is 7.54. The molecule has 1 aliphatic rings. The van der Waals surface area contributed by atoms with Gasteiger partial charge in [0, 0.05) is 44.0 Å². The van der Waals surface area contributed by atoms with Crippen LogP contribution in [-0.4, -0.2) is 44.0 Å². The number of pyridine rings is 1. The number of ether oxygens (including phenoxy) is 1. The van der Waals surface area contributed by atoms with E-state index < -0.39 is 6.36 Å². The van der Waals surface area contributed by atoms with Gasteiger partial charge in [-0.3, -0.25) is 4.68 Å². The Hall–Kier alpha value is -3.40. The third kappa shape index (κ3) is 3.28. The molecule has 1 N–H and O–H groups in total. The van der Waals surface area contributed by atoms with Gasteiger partial charge in [0.15, 0.2) is 5.65 Å². The Kier molecular flexibility index (Phi) is 4.24. The number of nitrogens with one attached hydrogen (secondary N) is 1. The molecule has 0 bridgehead atoms. The first-order valence-corrected chi connectivity index (χ1v) is 9.32. The third-order valence-corrected chi connectivity index (χ3v) is 5.09. The molecule has 4 heterocycles. The number of nitrogens with zero attached hydrogens (tertiary/aromatic N) is 5. The standard InChI is InChI=1S/C20H17F3N6O/c1-28-11-13(10-26-28)16-6-7-25-19-17(16)18(12-8-24-9-12)27-29(19)14-2-4-15(5-3-14)30-20(21,22)23/h2-7,10-12,24H,8-9H2,1H3. The van der Waals surface area contributed by atoms with Crippen molar-refractivity contribution in [3.63, 3.8) is 0 Å². The molecule has 0 radical (unpaired) electrons. The van der Waals surface area contributed by atoms with Crippen molar-refractivity contribution >= 4 is 11.0 Å². The molecule has 10 heteroatoms. The van der Waals surface area contributed by atoms with Crippen molar-refractivity contribution in [1.29, 1.82) is 0 Å². The molecule has 30 heavy (non-hydrogen) atoms. The number of hydrogen-bond donors (Lipinski definition) is 1. The molecule has 0 unspecified atom stereocenters. The molecule has 154 valence electrons. The smallest absolute Gasteiger partial charge is 0.406 e. The quantitative estimate of drug-likeness (QED) is 0.554. The number of rotatable bonds is 4. The summed E-state index contributed by atoms with van der Waals surface area (Å²) in [5, 5.41) is 13.2. The van der Waals surface area contributed by atoms with Crippen LogP contribution in [0.4, 0.5) is 13.2 Å². The summed E-state index contributed by atoms with van der Waals surface area (Å²) in [6.07, 6.45) is 0.688. The fourth-order valence-electron chi connectivity index (χ4n) is 3.61. The largest absolute Gasteiger partial charge is 0.573 e. The zero-order chi connectivity index (χ0) is 20.9. The maximum Gasteiger partial charge on any atom is 0.573 e. The van der Waals surface area contributed by atoms with Crippen LogP contribution in [0.5, 0.6) is 5.75 Å². The number of fused-ring (bicyclic) bond motifs is 1. The minimum absolute atomic E-state index is 0.237. The van der Waals surface area contributed by atoms with Gasteiger partial charge in [-0.05, 0) is 35.9 Å². The lowest BCUT2D eigenvalue weighted by molar-refractivity contribution is -0.274. The monoisotopic (exact) mass is 414 g/mol. The van der Waals surface area contributed by atoms with Crippen LogP contribution in [0.15, 0.2) is 48.9 Å². The van der Waals surface area contributed by atoms with Crippen LogP contribution in [0.25, 0.3) is 27.8 Å². The van der Waals surface area contributed by atoms with E-state index in [9.17, 15) is 13.2 Å². The Bertz CT molecular complexity index is 1210. The summed E-state index contributed by atoms with van der Waals surface area (Å²) < 4.78 is 44.7. The van der Waals surface area contributed by atoms with E-state index in [1.54, 1.807) is 21.8 Å². The zero-order valence-electron chi connectivity index (χ0n) is 15.9. The molecule has 0 atom stereocenters. The van der Waals surface area contributed by atoms with Crippen molar-refractivity contribution in [2.24, 2.45) is 7.05 Å². The number of halogens is 3. The minimum atomic E-state index is -4.73. The van der Waals surface area contributed by atoms with Gasteiger partial charge in [0.05, 0.1) is 23.0 Å². The highest BCUT2D eigenvalue weighted by atomic mass is 19.4. The van der Waals surface area contributed by atoms with Crippen LogP contribution in [0.1, 0.15) is 11.6 Å². The Morgan fingerprint density at radius 3 is 2.50 bits per heavy atom. The predicted molar refractivity (Wildman–Crippen MR) is 103 cm³/mol. The van der Waals surface area contributed by atoms with Crippen molar-refractivity contribution < 1.29 is 17.9 Å². The molecule has 1 aliphatic heterocycles. The van der Waals surface area contributed by atoms with Crippen molar-refractivity contribution in [3.8, 4) is 22.6 Å². The second-order valence-electron chi connectivity index (χ2n) is 7.15. The van der Waals surface area contributed by atoms with Crippen LogP contribution in [0.3, 0.4) is 0 Å². The van der Waals surface area contributed by atoms with E-state index in [1.165, 1.54) is 24.3 Å². The summed E-state index contributed by atoms with van der Waals surface area (Å²) >= 11 is 0. The van der Waals surface area contributed by atoms with E-state index in [4.69, 9.17) is 5.10 Å². The normalized spacial score (nSPS) is 14.8.